The average Bonchev–Trinajstić information content (AvgIpc) is 2.92. The molecule has 1 aliphatic heterocycles. The largest absolute Gasteiger partial charge is 0.503 e. The van der Waals surface area contributed by atoms with E-state index in [1.165, 1.54) is 0 Å². The number of amides is 1. The van der Waals surface area contributed by atoms with E-state index in [0.29, 0.717) is 0 Å². The van der Waals surface area contributed by atoms with Gasteiger partial charge in [0.05, 0.1) is 11.6 Å². The summed E-state index contributed by atoms with van der Waals surface area (Å²) >= 11 is 0. The Hall–Kier alpha value is -3.08. The third-order valence-corrected chi connectivity index (χ3v) is 5.15. The van der Waals surface area contributed by atoms with Crippen LogP contribution in [0.5, 0.6) is 5.75 Å². The highest BCUT2D eigenvalue weighted by atomic mass is 16.5. The predicted molar refractivity (Wildman–Crippen MR) is 121 cm³/mol. The van der Waals surface area contributed by atoms with Gasteiger partial charge in [0.15, 0.2) is 11.5 Å². The number of nitrogens with zero attached hydrogens (tertiary/aromatic N) is 1. The van der Waals surface area contributed by atoms with Crippen molar-refractivity contribution in [3.05, 3.63) is 76.6 Å². The number of carbonyl (C=O) groups excluding carboxylic acids is 2. The molecular weight excluding hydrogens is 390 g/mol. The molecule has 0 bridgehead atoms. The topological polar surface area (TPSA) is 66.8 Å². The van der Waals surface area contributed by atoms with Crippen molar-refractivity contribution in [1.82, 2.24) is 4.90 Å². The van der Waals surface area contributed by atoms with Crippen LogP contribution >= 0.6 is 0 Å². The average molecular weight is 422 g/mol. The molecule has 5 heteroatoms. The highest BCUT2D eigenvalue weighted by Crippen LogP contribution is 2.40. The second-order valence-corrected chi connectivity index (χ2v) is 9.39. The summed E-state index contributed by atoms with van der Waals surface area (Å²) < 4.78 is 5.87. The molecule has 1 heterocycles. The van der Waals surface area contributed by atoms with E-state index in [1.54, 1.807) is 18.7 Å². The molecule has 0 spiro atoms. The van der Waals surface area contributed by atoms with Gasteiger partial charge in [0.1, 0.15) is 11.4 Å². The Morgan fingerprint density at radius 3 is 2.32 bits per heavy atom. The minimum absolute atomic E-state index is 0.179. The van der Waals surface area contributed by atoms with Crippen LogP contribution in [0, 0.1) is 12.8 Å². The van der Waals surface area contributed by atoms with E-state index in [0.717, 1.165) is 22.4 Å². The summed E-state index contributed by atoms with van der Waals surface area (Å²) in [6, 6.07) is 14.6. The number of rotatable bonds is 6. The van der Waals surface area contributed by atoms with E-state index in [4.69, 9.17) is 4.74 Å². The van der Waals surface area contributed by atoms with Crippen molar-refractivity contribution in [2.75, 3.05) is 0 Å². The maximum Gasteiger partial charge on any atom is 0.290 e. The van der Waals surface area contributed by atoms with E-state index in [2.05, 4.69) is 0 Å². The van der Waals surface area contributed by atoms with Gasteiger partial charge in [0.2, 0.25) is 0 Å². The van der Waals surface area contributed by atoms with Crippen molar-refractivity contribution in [2.45, 2.75) is 59.7 Å². The number of aliphatic hydroxyl groups is 1. The third kappa shape index (κ3) is 4.98. The molecular formula is C26H31NO4. The summed E-state index contributed by atoms with van der Waals surface area (Å²) in [5, 5.41) is 10.6. The van der Waals surface area contributed by atoms with Crippen molar-refractivity contribution in [3.8, 4) is 5.75 Å². The van der Waals surface area contributed by atoms with Gasteiger partial charge >= 0.3 is 0 Å². The molecule has 1 aliphatic rings. The first kappa shape index (κ1) is 22.6. The van der Waals surface area contributed by atoms with Crippen molar-refractivity contribution in [1.29, 1.82) is 0 Å². The summed E-state index contributed by atoms with van der Waals surface area (Å²) in [6.45, 7) is 11.7. The molecule has 5 nitrogen and oxygen atoms in total. The molecule has 164 valence electrons. The van der Waals surface area contributed by atoms with Gasteiger partial charge in [-0.3, -0.25) is 9.59 Å². The van der Waals surface area contributed by atoms with Crippen LogP contribution in [-0.4, -0.2) is 27.3 Å². The molecule has 1 unspecified atom stereocenters. The lowest BCUT2D eigenvalue weighted by Crippen LogP contribution is -2.31. The normalized spacial score (nSPS) is 16.9. The number of hydrogen-bond donors (Lipinski definition) is 1. The number of aryl methyl sites for hydroxylation is 1. The van der Waals surface area contributed by atoms with Crippen LogP contribution < -0.4 is 4.74 Å². The molecule has 1 N–H and O–H groups in total. The molecule has 0 fully saturated rings. The van der Waals surface area contributed by atoms with Crippen LogP contribution in [0.1, 0.15) is 57.4 Å². The second kappa shape index (κ2) is 8.58. The van der Waals surface area contributed by atoms with Gasteiger partial charge in [-0.25, -0.2) is 0 Å². The number of aliphatic hydroxyl groups excluding tert-OH is 1. The summed E-state index contributed by atoms with van der Waals surface area (Å²) in [5.74, 6) is -0.765. The molecule has 0 aliphatic carbocycles. The molecule has 1 amide bonds. The third-order valence-electron chi connectivity index (χ3n) is 5.15. The minimum atomic E-state index is -0.618. The van der Waals surface area contributed by atoms with Crippen molar-refractivity contribution in [2.24, 2.45) is 5.92 Å². The van der Waals surface area contributed by atoms with Crippen LogP contribution in [0.3, 0.4) is 0 Å². The molecule has 0 saturated heterocycles. The van der Waals surface area contributed by atoms with Crippen molar-refractivity contribution < 1.29 is 19.4 Å². The number of Topliss-reactive ketones (excluding diaryl/α,β-unsaturated/α-hetero) is 1. The molecule has 2 aromatic rings. The number of ketones is 1. The lowest BCUT2D eigenvalue weighted by Gasteiger charge is -2.28. The Labute approximate surface area is 184 Å². The smallest absolute Gasteiger partial charge is 0.290 e. The zero-order valence-corrected chi connectivity index (χ0v) is 19.1. The lowest BCUT2D eigenvalue weighted by molar-refractivity contribution is -0.130. The SMILES string of the molecule is Cc1cccc(C2C(C(=O)C(C)C)=C(O)C(=O)N2Cc2ccc(OC(C)(C)C)cc2)c1. The first-order valence-corrected chi connectivity index (χ1v) is 10.6. The number of hydrogen-bond acceptors (Lipinski definition) is 4. The van der Waals surface area contributed by atoms with E-state index >= 15 is 0 Å². The summed E-state index contributed by atoms with van der Waals surface area (Å²) in [6.07, 6.45) is 0. The second-order valence-electron chi connectivity index (χ2n) is 9.39. The van der Waals surface area contributed by atoms with E-state index in [1.807, 2.05) is 76.2 Å². The van der Waals surface area contributed by atoms with Crippen LogP contribution in [0.15, 0.2) is 59.9 Å². The van der Waals surface area contributed by atoms with Gasteiger partial charge in [0.25, 0.3) is 5.91 Å². The zero-order chi connectivity index (χ0) is 22.9. The van der Waals surface area contributed by atoms with E-state index < -0.39 is 17.7 Å². The zero-order valence-electron chi connectivity index (χ0n) is 19.1. The van der Waals surface area contributed by atoms with Crippen molar-refractivity contribution in [3.63, 3.8) is 0 Å². The van der Waals surface area contributed by atoms with Crippen LogP contribution in [-0.2, 0) is 16.1 Å². The predicted octanol–water partition coefficient (Wildman–Crippen LogP) is 5.29. The number of ether oxygens (including phenoxy) is 1. The molecule has 0 saturated carbocycles. The fourth-order valence-corrected chi connectivity index (χ4v) is 3.78. The number of benzene rings is 2. The lowest BCUT2D eigenvalue weighted by atomic mass is 9.90. The van der Waals surface area contributed by atoms with E-state index in [9.17, 15) is 14.7 Å². The monoisotopic (exact) mass is 421 g/mol. The standard InChI is InChI=1S/C26H31NO4/c1-16(2)23(28)21-22(19-9-7-8-17(3)14-19)27(25(30)24(21)29)15-18-10-12-20(13-11-18)31-26(4,5)6/h7-14,16,22,29H,15H2,1-6H3. The first-order valence-electron chi connectivity index (χ1n) is 10.6. The van der Waals surface area contributed by atoms with Gasteiger partial charge in [-0.15, -0.1) is 0 Å². The minimum Gasteiger partial charge on any atom is -0.503 e. The van der Waals surface area contributed by atoms with Gasteiger partial charge in [0, 0.05) is 12.5 Å². The maximum absolute atomic E-state index is 13.0. The summed E-state index contributed by atoms with van der Waals surface area (Å²) in [4.78, 5) is 27.5. The molecule has 31 heavy (non-hydrogen) atoms. The Morgan fingerprint density at radius 1 is 1.13 bits per heavy atom. The van der Waals surface area contributed by atoms with Gasteiger partial charge in [-0.05, 0) is 51.0 Å². The highest BCUT2D eigenvalue weighted by molar-refractivity contribution is 6.09. The summed E-state index contributed by atoms with van der Waals surface area (Å²) in [7, 11) is 0. The molecule has 0 aromatic heterocycles. The molecule has 2 aromatic carbocycles. The highest BCUT2D eigenvalue weighted by Gasteiger charge is 2.43. The van der Waals surface area contributed by atoms with E-state index in [-0.39, 0.29) is 29.4 Å². The quantitative estimate of drug-likeness (QED) is 0.688. The van der Waals surface area contributed by atoms with Crippen LogP contribution in [0.4, 0.5) is 0 Å². The fourth-order valence-electron chi connectivity index (χ4n) is 3.78. The first-order chi connectivity index (χ1) is 14.5. The van der Waals surface area contributed by atoms with Crippen LogP contribution in [0.25, 0.3) is 0 Å². The van der Waals surface area contributed by atoms with Crippen LogP contribution in [0.2, 0.25) is 0 Å². The Bertz CT molecular complexity index is 1010. The van der Waals surface area contributed by atoms with Gasteiger partial charge < -0.3 is 14.7 Å². The molecule has 1 atom stereocenters. The van der Waals surface area contributed by atoms with Crippen molar-refractivity contribution >= 4 is 11.7 Å². The fraction of sp³-hybridized carbons (Fsp3) is 0.385. The Balaban J connectivity index is 1.96. The molecule has 0 radical (unpaired) electrons. The molecule has 3 rings (SSSR count). The Morgan fingerprint density at radius 2 is 1.77 bits per heavy atom. The van der Waals surface area contributed by atoms with Gasteiger partial charge in [-0.2, -0.15) is 0 Å². The summed E-state index contributed by atoms with van der Waals surface area (Å²) in [5.41, 5.74) is 2.60. The van der Waals surface area contributed by atoms with Gasteiger partial charge in [-0.1, -0.05) is 55.8 Å². The Kier molecular flexibility index (Phi) is 6.25. The number of carbonyl (C=O) groups is 2. The maximum atomic E-state index is 13.0.